The summed E-state index contributed by atoms with van der Waals surface area (Å²) in [5.41, 5.74) is 1.47. The molecule has 1 atom stereocenters. The fraction of sp³-hybridized carbons (Fsp3) is 0.538. The van der Waals surface area contributed by atoms with E-state index in [9.17, 15) is 9.59 Å². The molecule has 1 unspecified atom stereocenters. The van der Waals surface area contributed by atoms with E-state index < -0.39 is 11.4 Å². The maximum atomic E-state index is 12.1. The van der Waals surface area contributed by atoms with Crippen molar-refractivity contribution in [2.75, 3.05) is 7.05 Å². The Morgan fingerprint density at radius 1 is 1.53 bits per heavy atom. The second-order valence-corrected chi connectivity index (χ2v) is 5.33. The number of nitrogens with zero attached hydrogens (tertiary/aromatic N) is 1. The summed E-state index contributed by atoms with van der Waals surface area (Å²) in [5, 5.41) is 8.80. The van der Waals surface area contributed by atoms with Crippen LogP contribution in [0.25, 0.3) is 0 Å². The highest BCUT2D eigenvalue weighted by atomic mass is 16.4. The van der Waals surface area contributed by atoms with Gasteiger partial charge in [0.2, 0.25) is 5.91 Å². The van der Waals surface area contributed by atoms with Gasteiger partial charge in [-0.1, -0.05) is 25.5 Å². The molecule has 1 aliphatic carbocycles. The Kier molecular flexibility index (Phi) is 2.60. The molecule has 1 amide bonds. The Bertz CT molecular complexity index is 446. The van der Waals surface area contributed by atoms with E-state index in [1.165, 1.54) is 0 Å². The van der Waals surface area contributed by atoms with Gasteiger partial charge in [0.25, 0.3) is 0 Å². The van der Waals surface area contributed by atoms with Crippen LogP contribution >= 0.6 is 0 Å². The van der Waals surface area contributed by atoms with Crippen LogP contribution < -0.4 is 0 Å². The van der Waals surface area contributed by atoms with Crippen molar-refractivity contribution in [3.63, 3.8) is 0 Å². The minimum Gasteiger partial charge on any atom is -0.481 e. The average Bonchev–Trinajstić information content (AvgIpc) is 2.40. The average molecular weight is 235 g/mol. The number of carboxylic acids is 1. The van der Waals surface area contributed by atoms with Crippen molar-refractivity contribution < 1.29 is 14.7 Å². The first-order valence-electron chi connectivity index (χ1n) is 5.73. The van der Waals surface area contributed by atoms with E-state index in [0.717, 1.165) is 11.3 Å². The van der Waals surface area contributed by atoms with Gasteiger partial charge in [0.05, 0.1) is 11.8 Å². The zero-order valence-corrected chi connectivity index (χ0v) is 10.4. The molecule has 1 aliphatic heterocycles. The number of rotatable bonds is 2. The van der Waals surface area contributed by atoms with E-state index in [-0.39, 0.29) is 18.2 Å². The highest BCUT2D eigenvalue weighted by Gasteiger charge is 2.49. The van der Waals surface area contributed by atoms with Crippen molar-refractivity contribution in [1.29, 1.82) is 0 Å². The van der Waals surface area contributed by atoms with E-state index in [0.29, 0.717) is 6.42 Å². The molecule has 1 saturated heterocycles. The van der Waals surface area contributed by atoms with Crippen molar-refractivity contribution >= 4 is 11.9 Å². The molecule has 0 saturated carbocycles. The van der Waals surface area contributed by atoms with Crippen LogP contribution in [0.15, 0.2) is 23.4 Å². The first-order valence-corrected chi connectivity index (χ1v) is 5.73. The molecule has 17 heavy (non-hydrogen) atoms. The van der Waals surface area contributed by atoms with Crippen molar-refractivity contribution in [2.45, 2.75) is 26.7 Å². The van der Waals surface area contributed by atoms with Crippen molar-refractivity contribution in [2.24, 2.45) is 11.3 Å². The third-order valence-electron chi connectivity index (χ3n) is 3.81. The molecule has 2 aliphatic rings. The van der Waals surface area contributed by atoms with Gasteiger partial charge in [0, 0.05) is 18.7 Å². The van der Waals surface area contributed by atoms with E-state index >= 15 is 0 Å². The SMILES string of the molecule is CN1C(=O)C(C)(C)C2CC(CC(=O)O)=CC=C21. The zero-order valence-electron chi connectivity index (χ0n) is 10.4. The summed E-state index contributed by atoms with van der Waals surface area (Å²) in [5.74, 6) is -0.596. The van der Waals surface area contributed by atoms with Crippen LogP contribution in [0, 0.1) is 11.3 Å². The lowest BCUT2D eigenvalue weighted by molar-refractivity contribution is -0.136. The summed E-state index contributed by atoms with van der Waals surface area (Å²) >= 11 is 0. The predicted molar refractivity (Wildman–Crippen MR) is 63.1 cm³/mol. The Labute approximate surface area is 101 Å². The lowest BCUT2D eigenvalue weighted by atomic mass is 9.74. The summed E-state index contributed by atoms with van der Waals surface area (Å²) in [7, 11) is 1.78. The highest BCUT2D eigenvalue weighted by Crippen LogP contribution is 2.47. The minimum atomic E-state index is -0.816. The smallest absolute Gasteiger partial charge is 0.307 e. The van der Waals surface area contributed by atoms with Crippen LogP contribution in [0.5, 0.6) is 0 Å². The number of likely N-dealkylation sites (tertiary alicyclic amines) is 1. The van der Waals surface area contributed by atoms with Crippen LogP contribution in [-0.2, 0) is 9.59 Å². The summed E-state index contributed by atoms with van der Waals surface area (Å²) in [6.45, 7) is 3.86. The Morgan fingerprint density at radius 2 is 2.18 bits per heavy atom. The van der Waals surface area contributed by atoms with Crippen molar-refractivity contribution in [3.8, 4) is 0 Å². The summed E-state index contributed by atoms with van der Waals surface area (Å²) in [6, 6.07) is 0. The number of fused-ring (bicyclic) bond motifs is 1. The van der Waals surface area contributed by atoms with Crippen molar-refractivity contribution in [1.82, 2.24) is 4.90 Å². The maximum Gasteiger partial charge on any atom is 0.307 e. The maximum absolute atomic E-state index is 12.1. The molecule has 0 aromatic heterocycles. The number of aliphatic carboxylic acids is 1. The first-order chi connectivity index (χ1) is 7.84. The molecule has 0 radical (unpaired) electrons. The second-order valence-electron chi connectivity index (χ2n) is 5.33. The number of amides is 1. The van der Waals surface area contributed by atoms with Gasteiger partial charge in [0.1, 0.15) is 0 Å². The van der Waals surface area contributed by atoms with E-state index in [1.54, 1.807) is 11.9 Å². The van der Waals surface area contributed by atoms with E-state index in [1.807, 2.05) is 26.0 Å². The Hall–Kier alpha value is -1.58. The number of hydrogen-bond acceptors (Lipinski definition) is 2. The van der Waals surface area contributed by atoms with E-state index in [2.05, 4.69) is 0 Å². The normalized spacial score (nSPS) is 26.4. The van der Waals surface area contributed by atoms with Crippen LogP contribution in [0.2, 0.25) is 0 Å². The fourth-order valence-electron chi connectivity index (χ4n) is 2.75. The molecular weight excluding hydrogens is 218 g/mol. The third-order valence-corrected chi connectivity index (χ3v) is 3.81. The molecule has 2 rings (SSSR count). The lowest BCUT2D eigenvalue weighted by Crippen LogP contribution is -2.29. The quantitative estimate of drug-likeness (QED) is 0.793. The molecule has 0 bridgehead atoms. The van der Waals surface area contributed by atoms with Crippen LogP contribution in [0.3, 0.4) is 0 Å². The van der Waals surface area contributed by atoms with Crippen LogP contribution in [0.4, 0.5) is 0 Å². The molecular formula is C13H17NO3. The van der Waals surface area contributed by atoms with Gasteiger partial charge < -0.3 is 10.0 Å². The highest BCUT2D eigenvalue weighted by molar-refractivity contribution is 5.88. The fourth-order valence-corrected chi connectivity index (χ4v) is 2.75. The third kappa shape index (κ3) is 1.77. The lowest BCUT2D eigenvalue weighted by Gasteiger charge is -2.26. The van der Waals surface area contributed by atoms with Gasteiger partial charge in [-0.2, -0.15) is 0 Å². The summed E-state index contributed by atoms with van der Waals surface area (Å²) < 4.78 is 0. The van der Waals surface area contributed by atoms with Crippen LogP contribution in [-0.4, -0.2) is 28.9 Å². The number of allylic oxidation sites excluding steroid dienone is 3. The van der Waals surface area contributed by atoms with E-state index in [4.69, 9.17) is 5.11 Å². The number of hydrogen-bond donors (Lipinski definition) is 1. The molecule has 92 valence electrons. The monoisotopic (exact) mass is 235 g/mol. The van der Waals surface area contributed by atoms with Gasteiger partial charge in [-0.05, 0) is 12.5 Å². The minimum absolute atomic E-state index is 0.0638. The first kappa shape index (κ1) is 11.9. The number of carbonyl (C=O) groups is 2. The zero-order chi connectivity index (χ0) is 12.8. The predicted octanol–water partition coefficient (Wildman–Crippen LogP) is 1.79. The second kappa shape index (κ2) is 3.72. The summed E-state index contributed by atoms with van der Waals surface area (Å²) in [4.78, 5) is 24.5. The van der Waals surface area contributed by atoms with Gasteiger partial charge in [-0.3, -0.25) is 9.59 Å². The van der Waals surface area contributed by atoms with Crippen molar-refractivity contribution in [3.05, 3.63) is 23.4 Å². The number of carbonyl (C=O) groups excluding carboxylic acids is 1. The molecule has 0 spiro atoms. The Balaban J connectivity index is 2.30. The largest absolute Gasteiger partial charge is 0.481 e. The Morgan fingerprint density at radius 3 is 2.76 bits per heavy atom. The molecule has 4 heteroatoms. The van der Waals surface area contributed by atoms with Gasteiger partial charge >= 0.3 is 5.97 Å². The molecule has 0 aromatic rings. The van der Waals surface area contributed by atoms with Gasteiger partial charge in [-0.15, -0.1) is 0 Å². The van der Waals surface area contributed by atoms with Gasteiger partial charge in [-0.25, -0.2) is 0 Å². The molecule has 4 nitrogen and oxygen atoms in total. The van der Waals surface area contributed by atoms with Crippen LogP contribution in [0.1, 0.15) is 26.7 Å². The topological polar surface area (TPSA) is 57.6 Å². The van der Waals surface area contributed by atoms with Gasteiger partial charge in [0.15, 0.2) is 0 Å². The molecule has 1 N–H and O–H groups in total. The molecule has 1 heterocycles. The molecule has 0 aromatic carbocycles. The summed E-state index contributed by atoms with van der Waals surface area (Å²) in [6.07, 6.45) is 4.46. The number of carboxylic acid groups (broad SMARTS) is 1. The standard InChI is InChI=1S/C13H17NO3/c1-13(2)9-6-8(7-11(15)16)4-5-10(9)14(3)12(13)17/h4-5,9H,6-7H2,1-3H3,(H,15,16). The molecule has 1 fully saturated rings.